The van der Waals surface area contributed by atoms with Gasteiger partial charge in [-0.1, -0.05) is 32.0 Å². The van der Waals surface area contributed by atoms with Crippen molar-refractivity contribution in [2.45, 2.75) is 46.2 Å². The molecule has 1 aliphatic carbocycles. The van der Waals surface area contributed by atoms with Gasteiger partial charge in [-0.15, -0.1) is 0 Å². The Morgan fingerprint density at radius 1 is 1.32 bits per heavy atom. The van der Waals surface area contributed by atoms with Crippen LogP contribution in [0.1, 0.15) is 39.2 Å². The van der Waals surface area contributed by atoms with E-state index >= 15 is 0 Å². The highest BCUT2D eigenvalue weighted by atomic mass is 16.5. The Morgan fingerprint density at radius 3 is 2.55 bits per heavy atom. The van der Waals surface area contributed by atoms with Crippen molar-refractivity contribution in [3.63, 3.8) is 0 Å². The number of hydrogen-bond donors (Lipinski definition) is 1. The van der Waals surface area contributed by atoms with Gasteiger partial charge in [-0.05, 0) is 18.9 Å². The number of hydrogen-bond acceptors (Lipinski definition) is 3. The molecule has 1 aromatic rings. The fraction of sp³-hybridized carbons (Fsp3) is 0.611. The summed E-state index contributed by atoms with van der Waals surface area (Å²) in [5, 5.41) is 3.59. The molecule has 1 amide bonds. The number of ether oxygens (including phenoxy) is 1. The molecule has 1 saturated carbocycles. The molecule has 1 N–H and O–H groups in total. The zero-order valence-corrected chi connectivity index (χ0v) is 14.2. The number of nitrogens with one attached hydrogen (secondary N) is 1. The first-order valence-corrected chi connectivity index (χ1v) is 8.23. The van der Waals surface area contributed by atoms with Gasteiger partial charge in [-0.25, -0.2) is 0 Å². The molecule has 4 nitrogen and oxygen atoms in total. The number of carbonyl (C=O) groups excluding carboxylic acids is 1. The Morgan fingerprint density at radius 2 is 1.95 bits per heavy atom. The van der Waals surface area contributed by atoms with E-state index in [0.717, 1.165) is 25.4 Å². The van der Waals surface area contributed by atoms with E-state index in [1.54, 1.807) is 14.0 Å². The van der Waals surface area contributed by atoms with Gasteiger partial charge in [-0.2, -0.15) is 0 Å². The van der Waals surface area contributed by atoms with Gasteiger partial charge in [0, 0.05) is 43.6 Å². The minimum atomic E-state index is 0.209. The number of para-hydroxylation sites is 1. The van der Waals surface area contributed by atoms with Gasteiger partial charge in [0.2, 0.25) is 5.91 Å². The van der Waals surface area contributed by atoms with E-state index in [4.69, 9.17) is 4.74 Å². The van der Waals surface area contributed by atoms with Crippen LogP contribution in [0, 0.1) is 5.41 Å². The lowest BCUT2D eigenvalue weighted by Crippen LogP contribution is -2.66. The lowest BCUT2D eigenvalue weighted by atomic mass is 9.60. The molecular formula is C18H28N2O2. The topological polar surface area (TPSA) is 41.6 Å². The van der Waals surface area contributed by atoms with Crippen LogP contribution in [0.5, 0.6) is 5.75 Å². The van der Waals surface area contributed by atoms with Crippen molar-refractivity contribution >= 4 is 5.91 Å². The SMILES string of the molecule is CC.COc1ccccc1CNC1CC2(C1)CN(C(C)=O)C2. The predicted molar refractivity (Wildman–Crippen MR) is 88.9 cm³/mol. The summed E-state index contributed by atoms with van der Waals surface area (Å²) in [5.41, 5.74) is 1.62. The molecule has 0 bridgehead atoms. The van der Waals surface area contributed by atoms with E-state index in [1.165, 1.54) is 18.4 Å². The van der Waals surface area contributed by atoms with E-state index in [2.05, 4.69) is 11.4 Å². The van der Waals surface area contributed by atoms with Crippen molar-refractivity contribution in [2.24, 2.45) is 5.41 Å². The second-order valence-corrected chi connectivity index (χ2v) is 6.17. The number of methoxy groups -OCH3 is 1. The molecule has 1 aromatic carbocycles. The summed E-state index contributed by atoms with van der Waals surface area (Å²) in [4.78, 5) is 13.2. The summed E-state index contributed by atoms with van der Waals surface area (Å²) >= 11 is 0. The summed E-state index contributed by atoms with van der Waals surface area (Å²) in [6, 6.07) is 8.70. The molecule has 0 atom stereocenters. The normalized spacial score (nSPS) is 18.8. The third-order valence-corrected chi connectivity index (χ3v) is 4.63. The third kappa shape index (κ3) is 3.43. The van der Waals surface area contributed by atoms with Gasteiger partial charge >= 0.3 is 0 Å². The van der Waals surface area contributed by atoms with Gasteiger partial charge < -0.3 is 15.0 Å². The molecule has 1 spiro atoms. The van der Waals surface area contributed by atoms with Crippen molar-refractivity contribution in [1.29, 1.82) is 0 Å². The molecule has 1 saturated heterocycles. The standard InChI is InChI=1S/C16H22N2O2.C2H6/c1-12(19)18-10-16(11-18)7-14(8-16)17-9-13-5-3-4-6-15(13)20-2;1-2/h3-6,14,17H,7-11H2,1-2H3;1-2H3. The van der Waals surface area contributed by atoms with Crippen molar-refractivity contribution in [2.75, 3.05) is 20.2 Å². The molecule has 122 valence electrons. The average molecular weight is 304 g/mol. The van der Waals surface area contributed by atoms with Crippen molar-refractivity contribution in [3.05, 3.63) is 29.8 Å². The second-order valence-electron chi connectivity index (χ2n) is 6.17. The van der Waals surface area contributed by atoms with Crippen LogP contribution in [-0.2, 0) is 11.3 Å². The summed E-state index contributed by atoms with van der Waals surface area (Å²) in [5.74, 6) is 1.15. The average Bonchev–Trinajstić information content (AvgIpc) is 2.46. The Kier molecular flexibility index (Phi) is 5.46. The van der Waals surface area contributed by atoms with E-state index in [-0.39, 0.29) is 5.91 Å². The first-order valence-electron chi connectivity index (χ1n) is 8.23. The maximum atomic E-state index is 11.2. The van der Waals surface area contributed by atoms with E-state index in [9.17, 15) is 4.79 Å². The van der Waals surface area contributed by atoms with Crippen LogP contribution < -0.4 is 10.1 Å². The highest BCUT2D eigenvalue weighted by Crippen LogP contribution is 2.48. The number of carbonyl (C=O) groups is 1. The van der Waals surface area contributed by atoms with E-state index in [1.807, 2.05) is 36.9 Å². The molecule has 3 rings (SSSR count). The predicted octanol–water partition coefficient (Wildman–Crippen LogP) is 2.82. The summed E-state index contributed by atoms with van der Waals surface area (Å²) in [7, 11) is 1.71. The maximum Gasteiger partial charge on any atom is 0.219 e. The Hall–Kier alpha value is -1.55. The van der Waals surface area contributed by atoms with Gasteiger partial charge in [0.05, 0.1) is 7.11 Å². The first kappa shape index (κ1) is 16.8. The van der Waals surface area contributed by atoms with Crippen molar-refractivity contribution in [3.8, 4) is 5.75 Å². The molecule has 0 aromatic heterocycles. The van der Waals surface area contributed by atoms with Crippen molar-refractivity contribution < 1.29 is 9.53 Å². The van der Waals surface area contributed by atoms with Gasteiger partial charge in [0.1, 0.15) is 5.75 Å². The van der Waals surface area contributed by atoms with Gasteiger partial charge in [0.25, 0.3) is 0 Å². The van der Waals surface area contributed by atoms with Crippen LogP contribution in [0.4, 0.5) is 0 Å². The zero-order chi connectivity index (χ0) is 16.2. The molecule has 1 heterocycles. The van der Waals surface area contributed by atoms with Crippen LogP contribution in [0.25, 0.3) is 0 Å². The molecule has 0 radical (unpaired) electrons. The van der Waals surface area contributed by atoms with Crippen LogP contribution in [0.3, 0.4) is 0 Å². The monoisotopic (exact) mass is 304 g/mol. The third-order valence-electron chi connectivity index (χ3n) is 4.63. The van der Waals surface area contributed by atoms with Crippen molar-refractivity contribution in [1.82, 2.24) is 10.2 Å². The van der Waals surface area contributed by atoms with E-state index < -0.39 is 0 Å². The Bertz CT molecular complexity index is 502. The van der Waals surface area contributed by atoms with Crippen LogP contribution in [0.15, 0.2) is 24.3 Å². The molecular weight excluding hydrogens is 276 g/mol. The quantitative estimate of drug-likeness (QED) is 0.930. The van der Waals surface area contributed by atoms with Gasteiger partial charge in [0.15, 0.2) is 0 Å². The smallest absolute Gasteiger partial charge is 0.219 e. The molecule has 0 unspecified atom stereocenters. The zero-order valence-electron chi connectivity index (χ0n) is 14.2. The number of nitrogens with zero attached hydrogens (tertiary/aromatic N) is 1. The maximum absolute atomic E-state index is 11.2. The minimum absolute atomic E-state index is 0.209. The molecule has 2 aliphatic rings. The highest BCUT2D eigenvalue weighted by molar-refractivity contribution is 5.74. The number of benzene rings is 1. The fourth-order valence-corrected chi connectivity index (χ4v) is 3.48. The molecule has 22 heavy (non-hydrogen) atoms. The van der Waals surface area contributed by atoms with E-state index in [0.29, 0.717) is 11.5 Å². The molecule has 1 aliphatic heterocycles. The first-order chi connectivity index (χ1) is 10.6. The minimum Gasteiger partial charge on any atom is -0.496 e. The van der Waals surface area contributed by atoms with Crippen LogP contribution in [0.2, 0.25) is 0 Å². The summed E-state index contributed by atoms with van der Waals surface area (Å²) in [6.07, 6.45) is 2.37. The number of rotatable bonds is 4. The Balaban J connectivity index is 0.000000847. The highest BCUT2D eigenvalue weighted by Gasteiger charge is 2.52. The largest absolute Gasteiger partial charge is 0.496 e. The second kappa shape index (κ2) is 7.14. The van der Waals surface area contributed by atoms with Crippen LogP contribution in [-0.4, -0.2) is 37.0 Å². The lowest BCUT2D eigenvalue weighted by molar-refractivity contribution is -0.149. The lowest BCUT2D eigenvalue weighted by Gasteiger charge is -2.59. The van der Waals surface area contributed by atoms with Gasteiger partial charge in [-0.3, -0.25) is 4.79 Å². The number of amides is 1. The molecule has 4 heteroatoms. The summed E-state index contributed by atoms with van der Waals surface area (Å²) in [6.45, 7) is 8.41. The number of likely N-dealkylation sites (tertiary alicyclic amines) is 1. The molecule has 2 fully saturated rings. The summed E-state index contributed by atoms with van der Waals surface area (Å²) < 4.78 is 5.36. The van der Waals surface area contributed by atoms with Crippen LogP contribution >= 0.6 is 0 Å². The Labute approximate surface area is 133 Å². The fourth-order valence-electron chi connectivity index (χ4n) is 3.48.